The summed E-state index contributed by atoms with van der Waals surface area (Å²) in [6, 6.07) is 0. The van der Waals surface area contributed by atoms with Gasteiger partial charge in [-0.15, -0.1) is 0 Å². The van der Waals surface area contributed by atoms with E-state index in [1.165, 1.54) is 0 Å². The van der Waals surface area contributed by atoms with Gasteiger partial charge in [0.2, 0.25) is 0 Å². The first-order valence-corrected chi connectivity index (χ1v) is 9.64. The van der Waals surface area contributed by atoms with Crippen molar-refractivity contribution >= 4 is 37.8 Å². The number of hydrogen-bond acceptors (Lipinski definition) is 6. The van der Waals surface area contributed by atoms with Gasteiger partial charge in [-0.05, 0) is 19.8 Å². The number of hydrogen-bond donors (Lipinski definition) is 0. The van der Waals surface area contributed by atoms with Crippen molar-refractivity contribution in [2.24, 2.45) is 0 Å². The molecule has 0 bridgehead atoms. The second-order valence-electron chi connectivity index (χ2n) is 5.89. The van der Waals surface area contributed by atoms with E-state index in [-0.39, 0.29) is 6.42 Å². The number of ether oxygens (including phenoxy) is 1. The number of alkyl halides is 2. The predicted molar refractivity (Wildman–Crippen MR) is 87.7 cm³/mol. The molecule has 0 aliphatic carbocycles. The molecular weight excluding hydrogens is 544 g/mol. The van der Waals surface area contributed by atoms with Crippen LogP contribution in [-0.4, -0.2) is 48.5 Å². The average molecular weight is 562 g/mol. The fourth-order valence-corrected chi connectivity index (χ4v) is 2.49. The van der Waals surface area contributed by atoms with Gasteiger partial charge in [-0.1, -0.05) is 93.9 Å². The molecule has 168 valence electrons. The molecule has 0 aliphatic rings. The highest BCUT2D eigenvalue weighted by molar-refractivity contribution is 9.12. The van der Waals surface area contributed by atoms with E-state index in [1.54, 1.807) is 6.92 Å². The van der Waals surface area contributed by atoms with Gasteiger partial charge >= 0.3 is 11.8 Å². The molecule has 0 aromatic heterocycles. The van der Waals surface area contributed by atoms with E-state index < -0.39 is 61.4 Å². The number of halogens is 10. The Balaban J connectivity index is 6.50. The second kappa shape index (κ2) is 11.2. The quantitative estimate of drug-likeness (QED) is 0.0719. The summed E-state index contributed by atoms with van der Waals surface area (Å²) in [5.41, 5.74) is -4.72. The molecule has 0 radical (unpaired) electrons. The topological polar surface area (TPSA) is 39.3 Å². The number of carbonyl (C=O) groups is 1. The van der Waals surface area contributed by atoms with Crippen LogP contribution in [0.5, 0.6) is 0 Å². The Kier molecular flexibility index (Phi) is 11.1. The predicted octanol–water partition coefficient (Wildman–Crippen LogP) is 5.68. The van der Waals surface area contributed by atoms with Crippen molar-refractivity contribution in [1.29, 1.82) is 0 Å². The van der Waals surface area contributed by atoms with E-state index in [9.17, 15) is 40.6 Å². The summed E-state index contributed by atoms with van der Waals surface area (Å²) < 4.78 is 110. The van der Waals surface area contributed by atoms with Gasteiger partial charge in [0.15, 0.2) is 0 Å². The molecule has 0 N–H and O–H groups in total. The summed E-state index contributed by atoms with van der Waals surface area (Å²) in [6.45, 7) is 2.64. The molecule has 0 aromatic carbocycles. The molecule has 0 aromatic rings. The first-order valence-electron chi connectivity index (χ1n) is 7.73. The normalized spacial score (nSPS) is 15.6. The van der Waals surface area contributed by atoms with Gasteiger partial charge in [-0.2, -0.15) is 0 Å². The summed E-state index contributed by atoms with van der Waals surface area (Å²) in [7, 11) is 0. The molecule has 16 heteroatoms. The van der Waals surface area contributed by atoms with Crippen molar-refractivity contribution in [3.8, 4) is 0 Å². The van der Waals surface area contributed by atoms with Crippen LogP contribution in [0.25, 0.3) is 0 Å². The zero-order chi connectivity index (χ0) is 22.3. The molecule has 1 atom stereocenters. The Morgan fingerprint density at radius 3 is 1.68 bits per heavy atom. The number of unbranched alkanes of at least 4 members (excludes halogenated alkanes) is 3. The first-order chi connectivity index (χ1) is 12.8. The lowest BCUT2D eigenvalue weighted by atomic mass is 9.96. The number of rotatable bonds is 13. The smallest absolute Gasteiger partial charge is 0.378 e. The lowest BCUT2D eigenvalue weighted by Gasteiger charge is -2.46. The first kappa shape index (κ1) is 27.7. The molecule has 0 spiro atoms. The molecule has 28 heavy (non-hydrogen) atoms. The zero-order valence-corrected chi connectivity index (χ0v) is 17.8. The van der Waals surface area contributed by atoms with E-state index >= 15 is 0 Å². The lowest BCUT2D eigenvalue weighted by Crippen LogP contribution is -2.75. The highest BCUT2D eigenvalue weighted by Crippen LogP contribution is 2.47. The van der Waals surface area contributed by atoms with Crippen LogP contribution in [0.4, 0.5) is 35.9 Å². The van der Waals surface area contributed by atoms with Crippen LogP contribution in [0.2, 0.25) is 0 Å². The van der Waals surface area contributed by atoms with Crippen LogP contribution in [0, 0.1) is 0 Å². The third-order valence-electron chi connectivity index (χ3n) is 3.83. The Hall–Kier alpha value is -0.290. The molecule has 0 amide bonds. The minimum atomic E-state index is -5.17. The van der Waals surface area contributed by atoms with Crippen molar-refractivity contribution in [1.82, 2.24) is 21.4 Å². The van der Waals surface area contributed by atoms with E-state index in [1.807, 2.05) is 0 Å². The lowest BCUT2D eigenvalue weighted by molar-refractivity contribution is -0.541. The van der Waals surface area contributed by atoms with Crippen molar-refractivity contribution in [3.63, 3.8) is 0 Å². The summed E-state index contributed by atoms with van der Waals surface area (Å²) in [4.78, 5) is 12.0. The van der Waals surface area contributed by atoms with Crippen molar-refractivity contribution in [2.75, 3.05) is 5.33 Å². The maximum Gasteiger partial charge on any atom is 0.378 e. The summed E-state index contributed by atoms with van der Waals surface area (Å²) in [5, 5.41) is -10.8. The van der Waals surface area contributed by atoms with Crippen LogP contribution >= 0.6 is 31.9 Å². The molecule has 0 saturated heterocycles. The Morgan fingerprint density at radius 1 is 0.893 bits per heavy atom. The molecular formula is C12H18Br2F8N4O2. The minimum absolute atomic E-state index is 0.00133. The van der Waals surface area contributed by atoms with Crippen LogP contribution in [-0.2, 0) is 9.53 Å². The van der Waals surface area contributed by atoms with Gasteiger partial charge in [0, 0.05) is 5.33 Å². The van der Waals surface area contributed by atoms with Gasteiger partial charge < -0.3 is 4.74 Å². The summed E-state index contributed by atoms with van der Waals surface area (Å²) >= 11 is 5.41. The number of esters is 1. The van der Waals surface area contributed by atoms with E-state index in [2.05, 4.69) is 36.6 Å². The van der Waals surface area contributed by atoms with Crippen molar-refractivity contribution in [3.05, 3.63) is 0 Å². The molecule has 0 heterocycles. The fourth-order valence-electron chi connectivity index (χ4n) is 2.18. The van der Waals surface area contributed by atoms with Gasteiger partial charge in [-0.25, -0.2) is 0 Å². The van der Waals surface area contributed by atoms with Gasteiger partial charge in [0.05, 0.1) is 21.4 Å². The number of nitrogens with zero attached hydrogens (tertiary/aromatic N) is 4. The van der Waals surface area contributed by atoms with E-state index in [0.717, 1.165) is 6.92 Å². The summed E-state index contributed by atoms with van der Waals surface area (Å²) in [5.74, 6) is -7.09. The van der Waals surface area contributed by atoms with Gasteiger partial charge in [0.1, 0.15) is 4.32 Å². The van der Waals surface area contributed by atoms with Crippen LogP contribution < -0.4 is 0 Å². The molecule has 1 unspecified atom stereocenters. The van der Waals surface area contributed by atoms with Crippen LogP contribution in [0.1, 0.15) is 46.0 Å². The van der Waals surface area contributed by atoms with Crippen molar-refractivity contribution in [2.45, 2.75) is 61.8 Å². The molecule has 6 nitrogen and oxygen atoms in total. The van der Waals surface area contributed by atoms with E-state index in [4.69, 9.17) is 0 Å². The monoisotopic (exact) mass is 560 g/mol. The van der Waals surface area contributed by atoms with Gasteiger partial charge in [-0.3, -0.25) is 4.79 Å². The maximum absolute atomic E-state index is 13.5. The largest absolute Gasteiger partial charge is 0.416 e. The minimum Gasteiger partial charge on any atom is -0.416 e. The average Bonchev–Trinajstić information content (AvgIpc) is 2.58. The maximum atomic E-state index is 13.5. The number of carbonyl (C=O) groups excluding carboxylic acids is 1. The van der Waals surface area contributed by atoms with Gasteiger partial charge in [0.25, 0.3) is 5.66 Å². The molecule has 0 fully saturated rings. The van der Waals surface area contributed by atoms with E-state index in [0.29, 0.717) is 12.8 Å². The second-order valence-corrected chi connectivity index (χ2v) is 8.20. The molecule has 0 saturated carbocycles. The third kappa shape index (κ3) is 5.44. The zero-order valence-electron chi connectivity index (χ0n) is 14.6. The Bertz CT molecular complexity index is 486. The molecule has 0 aliphatic heterocycles. The Morgan fingerprint density at radius 2 is 1.36 bits per heavy atom. The summed E-state index contributed by atoms with van der Waals surface area (Å²) in [6.07, 6.45) is -1.32. The third-order valence-corrected chi connectivity index (χ3v) is 6.31. The standard InChI is InChI=1S/C12H18Br2F8N4O2/c1-3-4-5-6-7-11(23(15)16,24(17)18)12(25(19)20,26(21)22)28-9(27)10(2,14)8-13/h3-8H2,1-2H3. The van der Waals surface area contributed by atoms with Crippen molar-refractivity contribution < 1.29 is 45.4 Å². The highest BCUT2D eigenvalue weighted by Gasteiger charge is 2.76. The van der Waals surface area contributed by atoms with Crippen LogP contribution in [0.3, 0.4) is 0 Å². The van der Waals surface area contributed by atoms with Crippen LogP contribution in [0.15, 0.2) is 0 Å². The molecule has 0 rings (SSSR count). The SMILES string of the molecule is CCCCCCC(N(F)F)(N(F)F)C(OC(=O)C(C)(Br)CBr)(N(F)F)N(F)F. The Labute approximate surface area is 172 Å². The highest BCUT2D eigenvalue weighted by atomic mass is 79.9. The fraction of sp³-hybridized carbons (Fsp3) is 0.917.